The van der Waals surface area contributed by atoms with Crippen molar-refractivity contribution in [2.45, 2.75) is 103 Å². The third kappa shape index (κ3) is 6.97. The molecule has 0 spiro atoms. The molecule has 192 valence electrons. The maximum atomic E-state index is 12.6. The fourth-order valence-electron chi connectivity index (χ4n) is 4.55. The number of hydrogen-bond acceptors (Lipinski definition) is 6. The van der Waals surface area contributed by atoms with E-state index in [4.69, 9.17) is 9.57 Å². The molecule has 3 fully saturated rings. The smallest absolute Gasteiger partial charge is 0.407 e. The quantitative estimate of drug-likeness (QED) is 0.342. The highest BCUT2D eigenvalue weighted by molar-refractivity contribution is 5.90. The summed E-state index contributed by atoms with van der Waals surface area (Å²) in [5, 5.41) is 4.25. The molecule has 0 radical (unpaired) electrons. The fraction of sp³-hybridized carbons (Fsp3) is 0.826. The zero-order valence-corrected chi connectivity index (χ0v) is 20.7. The van der Waals surface area contributed by atoms with Gasteiger partial charge >= 0.3 is 12.1 Å². The summed E-state index contributed by atoms with van der Waals surface area (Å²) in [6.45, 7) is 8.45. The van der Waals surface area contributed by atoms with E-state index in [-0.39, 0.29) is 36.3 Å². The molecule has 5 amide bonds. The van der Waals surface area contributed by atoms with Gasteiger partial charge in [0.05, 0.1) is 12.6 Å². The molecule has 11 nitrogen and oxygen atoms in total. The number of nitrogens with one attached hydrogen (secondary N) is 3. The maximum Gasteiger partial charge on any atom is 0.407 e. The van der Waals surface area contributed by atoms with Crippen LogP contribution >= 0.6 is 0 Å². The number of unbranched alkanes of at least 4 members (excludes halogenated alkanes) is 1. The van der Waals surface area contributed by atoms with Crippen molar-refractivity contribution in [3.8, 4) is 0 Å². The number of piperidine rings is 1. The molecule has 1 aliphatic carbocycles. The summed E-state index contributed by atoms with van der Waals surface area (Å²) in [5.41, 5.74) is 4.41. The first-order chi connectivity index (χ1) is 16.1. The lowest BCUT2D eigenvalue weighted by atomic mass is 9.77. The van der Waals surface area contributed by atoms with Crippen LogP contribution in [-0.2, 0) is 19.2 Å². The van der Waals surface area contributed by atoms with E-state index >= 15 is 0 Å². The van der Waals surface area contributed by atoms with Gasteiger partial charge in [0.15, 0.2) is 0 Å². The van der Waals surface area contributed by atoms with Gasteiger partial charge in [0.1, 0.15) is 11.6 Å². The molecule has 0 aromatic heterocycles. The van der Waals surface area contributed by atoms with Crippen LogP contribution in [0.15, 0.2) is 0 Å². The van der Waals surface area contributed by atoms with E-state index in [0.717, 1.165) is 25.7 Å². The van der Waals surface area contributed by atoms with Crippen LogP contribution in [0.1, 0.15) is 79.1 Å². The number of hydrogen-bond donors (Lipinski definition) is 3. The molecular weight excluding hydrogens is 442 g/mol. The Hall–Kier alpha value is -2.56. The summed E-state index contributed by atoms with van der Waals surface area (Å²) < 4.78 is 5.25. The Kier molecular flexibility index (Phi) is 8.62. The number of urea groups is 1. The SMILES string of the molecule is CCCCON1C(=O)N2CC1CC[C@H]2C(=O)NNC(=O)CCC1CC(NC(=O)OC(C)(C)C)C1. The molecule has 2 bridgehead atoms. The molecule has 2 atom stereocenters. The van der Waals surface area contributed by atoms with Crippen molar-refractivity contribution in [2.24, 2.45) is 5.92 Å². The minimum atomic E-state index is -0.616. The van der Waals surface area contributed by atoms with Crippen molar-refractivity contribution in [3.63, 3.8) is 0 Å². The minimum absolute atomic E-state index is 0.0286. The van der Waals surface area contributed by atoms with Crippen LogP contribution in [0.4, 0.5) is 9.59 Å². The second kappa shape index (κ2) is 11.2. The fourth-order valence-corrected chi connectivity index (χ4v) is 4.55. The Morgan fingerprint density at radius 3 is 2.53 bits per heavy atom. The first-order valence-electron chi connectivity index (χ1n) is 12.4. The highest BCUT2D eigenvalue weighted by Gasteiger charge is 2.48. The van der Waals surface area contributed by atoms with Crippen LogP contribution in [0.3, 0.4) is 0 Å². The predicted molar refractivity (Wildman–Crippen MR) is 123 cm³/mol. The summed E-state index contributed by atoms with van der Waals surface area (Å²) in [6.07, 6.45) is 5.19. The van der Waals surface area contributed by atoms with E-state index in [9.17, 15) is 19.2 Å². The molecule has 0 aromatic rings. The second-order valence-corrected chi connectivity index (χ2v) is 10.5. The van der Waals surface area contributed by atoms with Crippen molar-refractivity contribution in [1.29, 1.82) is 0 Å². The van der Waals surface area contributed by atoms with E-state index in [2.05, 4.69) is 23.1 Å². The minimum Gasteiger partial charge on any atom is -0.444 e. The Balaban J connectivity index is 1.31. The van der Waals surface area contributed by atoms with E-state index < -0.39 is 17.7 Å². The molecule has 2 aliphatic heterocycles. The Morgan fingerprint density at radius 1 is 1.12 bits per heavy atom. The summed E-state index contributed by atoms with van der Waals surface area (Å²) in [4.78, 5) is 56.4. The van der Waals surface area contributed by atoms with Crippen molar-refractivity contribution < 1.29 is 28.8 Å². The second-order valence-electron chi connectivity index (χ2n) is 10.5. The van der Waals surface area contributed by atoms with E-state index in [1.165, 1.54) is 9.96 Å². The number of nitrogens with zero attached hydrogens (tertiary/aromatic N) is 2. The normalized spacial score (nSPS) is 26.1. The van der Waals surface area contributed by atoms with Crippen LogP contribution < -0.4 is 16.2 Å². The zero-order chi connectivity index (χ0) is 24.9. The summed E-state index contributed by atoms with van der Waals surface area (Å²) in [7, 11) is 0. The zero-order valence-electron chi connectivity index (χ0n) is 20.7. The third-order valence-electron chi connectivity index (χ3n) is 6.42. The van der Waals surface area contributed by atoms with Crippen molar-refractivity contribution in [3.05, 3.63) is 0 Å². The summed E-state index contributed by atoms with van der Waals surface area (Å²) in [5.74, 6) is -0.318. The van der Waals surface area contributed by atoms with Crippen LogP contribution in [0.25, 0.3) is 0 Å². The molecule has 2 heterocycles. The number of rotatable bonds is 9. The van der Waals surface area contributed by atoms with Gasteiger partial charge in [-0.15, -0.1) is 0 Å². The first-order valence-corrected chi connectivity index (χ1v) is 12.4. The number of alkyl carbamates (subject to hydrolysis) is 1. The molecule has 2 saturated heterocycles. The molecule has 34 heavy (non-hydrogen) atoms. The number of fused-ring (bicyclic) bond motifs is 2. The molecule has 1 unspecified atom stereocenters. The third-order valence-corrected chi connectivity index (χ3v) is 6.42. The van der Waals surface area contributed by atoms with Gasteiger partial charge in [-0.3, -0.25) is 25.3 Å². The van der Waals surface area contributed by atoms with Gasteiger partial charge in [-0.2, -0.15) is 5.06 Å². The van der Waals surface area contributed by atoms with Gasteiger partial charge in [-0.25, -0.2) is 9.59 Å². The topological polar surface area (TPSA) is 129 Å². The maximum absolute atomic E-state index is 12.6. The Labute approximate surface area is 201 Å². The highest BCUT2D eigenvalue weighted by Crippen LogP contribution is 2.32. The van der Waals surface area contributed by atoms with E-state index in [0.29, 0.717) is 38.3 Å². The number of hydroxylamine groups is 2. The van der Waals surface area contributed by atoms with Gasteiger partial charge < -0.3 is 15.0 Å². The van der Waals surface area contributed by atoms with Gasteiger partial charge in [0, 0.05) is 19.0 Å². The molecule has 3 rings (SSSR count). The van der Waals surface area contributed by atoms with Crippen LogP contribution in [0.2, 0.25) is 0 Å². The number of amides is 5. The predicted octanol–water partition coefficient (Wildman–Crippen LogP) is 2.22. The highest BCUT2D eigenvalue weighted by atomic mass is 16.7. The van der Waals surface area contributed by atoms with Crippen LogP contribution in [0, 0.1) is 5.92 Å². The lowest BCUT2D eigenvalue weighted by molar-refractivity contribution is -0.132. The molecule has 3 aliphatic rings. The Bertz CT molecular complexity index is 763. The van der Waals surface area contributed by atoms with Crippen molar-refractivity contribution in [1.82, 2.24) is 26.1 Å². The summed E-state index contributed by atoms with van der Waals surface area (Å²) >= 11 is 0. The molecule has 0 aromatic carbocycles. The van der Waals surface area contributed by atoms with E-state index in [1.807, 2.05) is 20.8 Å². The summed E-state index contributed by atoms with van der Waals surface area (Å²) in [6, 6.07) is -0.861. The molecule has 1 saturated carbocycles. The van der Waals surface area contributed by atoms with Crippen molar-refractivity contribution >= 4 is 23.9 Å². The van der Waals surface area contributed by atoms with Crippen LogP contribution in [0.5, 0.6) is 0 Å². The van der Waals surface area contributed by atoms with Crippen LogP contribution in [-0.4, -0.2) is 70.8 Å². The Morgan fingerprint density at radius 2 is 1.85 bits per heavy atom. The largest absolute Gasteiger partial charge is 0.444 e. The van der Waals surface area contributed by atoms with Gasteiger partial charge in [0.2, 0.25) is 5.91 Å². The van der Waals surface area contributed by atoms with E-state index in [1.54, 1.807) is 0 Å². The molecule has 11 heteroatoms. The lowest BCUT2D eigenvalue weighted by Gasteiger charge is -2.36. The average Bonchev–Trinajstić information content (AvgIpc) is 2.97. The standard InChI is InChI=1S/C23H39N5O6/c1-5-6-11-33-28-17-8-9-18(27(14-17)22(28)32)20(30)26-25-19(29)10-7-15-12-16(13-15)24-21(31)34-23(2,3)4/h15-18H,5-14H2,1-4H3,(H,24,31)(H,25,29)(H,26,30)/t15?,16?,17?,18-/m0/s1. The van der Waals surface area contributed by atoms with Gasteiger partial charge in [0.25, 0.3) is 5.91 Å². The number of carbonyl (C=O) groups is 4. The number of hydrazine groups is 1. The van der Waals surface area contributed by atoms with Gasteiger partial charge in [-0.1, -0.05) is 13.3 Å². The average molecular weight is 482 g/mol. The molecular formula is C23H39N5O6. The lowest BCUT2D eigenvalue weighted by Crippen LogP contribution is -2.54. The van der Waals surface area contributed by atoms with Crippen molar-refractivity contribution in [2.75, 3.05) is 13.2 Å². The monoisotopic (exact) mass is 481 g/mol. The first kappa shape index (κ1) is 26.1. The molecule has 3 N–H and O–H groups in total. The van der Waals surface area contributed by atoms with Gasteiger partial charge in [-0.05, 0) is 65.2 Å². The number of carbonyl (C=O) groups excluding carboxylic acids is 4. The number of ether oxygens (including phenoxy) is 1.